The Morgan fingerprint density at radius 2 is 1.38 bits per heavy atom. The first-order valence-electron chi connectivity index (χ1n) is 6.66. The van der Waals surface area contributed by atoms with E-state index in [4.69, 9.17) is 0 Å². The van der Waals surface area contributed by atoms with Gasteiger partial charge in [0.1, 0.15) is 0 Å². The van der Waals surface area contributed by atoms with Gasteiger partial charge in [0.2, 0.25) is 0 Å². The van der Waals surface area contributed by atoms with Gasteiger partial charge in [0, 0.05) is 5.57 Å². The maximum Gasteiger partial charge on any atom is 0.369 e. The van der Waals surface area contributed by atoms with E-state index in [1.165, 1.54) is 6.92 Å². The standard InChI is InChI=1S/C14H22F4O.C2H4/c1-9(2)7-8-10(3)11(4)13(15,16)14(17,18)12(5)19-6;1-2/h9-10H,4-5,7-8H2,1-3,6H3;1-2H2. The number of ether oxygens (including phenoxy) is 1. The summed E-state index contributed by atoms with van der Waals surface area (Å²) in [7, 11) is 0.886. The fourth-order valence-electron chi connectivity index (χ4n) is 1.57. The molecule has 124 valence electrons. The highest BCUT2D eigenvalue weighted by molar-refractivity contribution is 5.22. The number of rotatable bonds is 8. The SMILES string of the molecule is C=C.C=C(OC)C(F)(F)C(F)(F)C(=C)C(C)CCC(C)C. The van der Waals surface area contributed by atoms with Gasteiger partial charge in [0.15, 0.2) is 5.76 Å². The molecule has 0 saturated heterocycles. The van der Waals surface area contributed by atoms with Gasteiger partial charge in [-0.2, -0.15) is 17.6 Å². The van der Waals surface area contributed by atoms with Crippen LogP contribution in [0.4, 0.5) is 17.6 Å². The molecule has 0 heterocycles. The van der Waals surface area contributed by atoms with Crippen molar-refractivity contribution < 1.29 is 22.3 Å². The average Bonchev–Trinajstić information content (AvgIpc) is 2.44. The number of hydrogen-bond donors (Lipinski definition) is 0. The van der Waals surface area contributed by atoms with E-state index in [-0.39, 0.29) is 0 Å². The van der Waals surface area contributed by atoms with E-state index in [1.807, 2.05) is 13.8 Å². The summed E-state index contributed by atoms with van der Waals surface area (Å²) in [5.41, 5.74) is -0.781. The third kappa shape index (κ3) is 5.56. The second-order valence-electron chi connectivity index (χ2n) is 5.17. The Morgan fingerprint density at radius 1 is 0.952 bits per heavy atom. The van der Waals surface area contributed by atoms with E-state index >= 15 is 0 Å². The normalized spacial score (nSPS) is 13.2. The predicted octanol–water partition coefficient (Wildman–Crippen LogP) is 5.85. The van der Waals surface area contributed by atoms with E-state index in [9.17, 15) is 17.6 Å². The maximum absolute atomic E-state index is 13.8. The first kappa shape index (κ1) is 22.0. The minimum atomic E-state index is -4.45. The summed E-state index contributed by atoms with van der Waals surface area (Å²) in [5.74, 6) is -10.5. The molecule has 0 saturated carbocycles. The molecule has 0 rings (SSSR count). The molecule has 1 nitrogen and oxygen atoms in total. The summed E-state index contributed by atoms with van der Waals surface area (Å²) in [6.45, 7) is 17.3. The molecule has 0 fully saturated rings. The van der Waals surface area contributed by atoms with E-state index < -0.39 is 29.1 Å². The van der Waals surface area contributed by atoms with Crippen LogP contribution in [0.3, 0.4) is 0 Å². The van der Waals surface area contributed by atoms with Gasteiger partial charge < -0.3 is 4.74 Å². The molecule has 21 heavy (non-hydrogen) atoms. The van der Waals surface area contributed by atoms with Gasteiger partial charge >= 0.3 is 11.8 Å². The van der Waals surface area contributed by atoms with E-state index in [0.717, 1.165) is 7.11 Å². The van der Waals surface area contributed by atoms with Crippen LogP contribution in [-0.4, -0.2) is 19.0 Å². The molecule has 0 aliphatic carbocycles. The highest BCUT2D eigenvalue weighted by Gasteiger charge is 2.61. The lowest BCUT2D eigenvalue weighted by molar-refractivity contribution is -0.183. The summed E-state index contributed by atoms with van der Waals surface area (Å²) in [6.07, 6.45) is 1.06. The first-order chi connectivity index (χ1) is 9.48. The largest absolute Gasteiger partial charge is 0.495 e. The van der Waals surface area contributed by atoms with Gasteiger partial charge in [-0.25, -0.2) is 0 Å². The van der Waals surface area contributed by atoms with Gasteiger partial charge in [-0.15, -0.1) is 13.2 Å². The van der Waals surface area contributed by atoms with E-state index in [0.29, 0.717) is 18.8 Å². The van der Waals surface area contributed by atoms with Gasteiger partial charge in [-0.3, -0.25) is 0 Å². The zero-order valence-electron chi connectivity index (χ0n) is 13.3. The minimum absolute atomic E-state index is 0.318. The molecular weight excluding hydrogens is 284 g/mol. The molecule has 5 heteroatoms. The fraction of sp³-hybridized carbons (Fsp3) is 0.625. The lowest BCUT2D eigenvalue weighted by Gasteiger charge is -2.31. The average molecular weight is 310 g/mol. The van der Waals surface area contributed by atoms with Gasteiger partial charge in [0.05, 0.1) is 7.11 Å². The summed E-state index contributed by atoms with van der Waals surface area (Å²) < 4.78 is 58.9. The Labute approximate surface area is 125 Å². The van der Waals surface area contributed by atoms with Crippen LogP contribution in [0.2, 0.25) is 0 Å². The lowest BCUT2D eigenvalue weighted by Crippen LogP contribution is -2.45. The van der Waals surface area contributed by atoms with E-state index in [2.05, 4.69) is 31.1 Å². The zero-order chi connectivity index (χ0) is 17.4. The van der Waals surface area contributed by atoms with Gasteiger partial charge in [0.25, 0.3) is 0 Å². The van der Waals surface area contributed by atoms with Crippen molar-refractivity contribution in [2.45, 2.75) is 45.5 Å². The van der Waals surface area contributed by atoms with Crippen molar-refractivity contribution in [2.75, 3.05) is 7.11 Å². The third-order valence-electron chi connectivity index (χ3n) is 3.17. The van der Waals surface area contributed by atoms with Crippen molar-refractivity contribution in [2.24, 2.45) is 11.8 Å². The van der Waals surface area contributed by atoms with Gasteiger partial charge in [-0.1, -0.05) is 40.3 Å². The smallest absolute Gasteiger partial charge is 0.369 e. The monoisotopic (exact) mass is 310 g/mol. The Morgan fingerprint density at radius 3 is 1.71 bits per heavy atom. The van der Waals surface area contributed by atoms with Crippen molar-refractivity contribution >= 4 is 0 Å². The zero-order valence-corrected chi connectivity index (χ0v) is 13.3. The van der Waals surface area contributed by atoms with Crippen LogP contribution in [0.5, 0.6) is 0 Å². The van der Waals surface area contributed by atoms with E-state index in [1.54, 1.807) is 0 Å². The fourth-order valence-corrected chi connectivity index (χ4v) is 1.57. The summed E-state index contributed by atoms with van der Waals surface area (Å²) in [5, 5.41) is 0. The topological polar surface area (TPSA) is 9.23 Å². The summed E-state index contributed by atoms with van der Waals surface area (Å²) >= 11 is 0. The molecule has 0 amide bonds. The van der Waals surface area contributed by atoms with Crippen LogP contribution >= 0.6 is 0 Å². The maximum atomic E-state index is 13.8. The Hall–Kier alpha value is -1.26. The number of hydrogen-bond acceptors (Lipinski definition) is 1. The molecule has 0 radical (unpaired) electrons. The number of alkyl halides is 4. The highest BCUT2D eigenvalue weighted by Crippen LogP contribution is 2.46. The van der Waals surface area contributed by atoms with Crippen molar-refractivity contribution in [3.8, 4) is 0 Å². The number of methoxy groups -OCH3 is 1. The molecule has 0 bridgehead atoms. The molecule has 0 N–H and O–H groups in total. The van der Waals surface area contributed by atoms with Crippen LogP contribution in [0.15, 0.2) is 37.6 Å². The van der Waals surface area contributed by atoms with Gasteiger partial charge in [-0.05, 0) is 18.3 Å². The summed E-state index contributed by atoms with van der Waals surface area (Å²) in [6, 6.07) is 0. The molecule has 0 aliphatic heterocycles. The van der Waals surface area contributed by atoms with Crippen LogP contribution in [0.25, 0.3) is 0 Å². The van der Waals surface area contributed by atoms with Crippen molar-refractivity contribution in [3.63, 3.8) is 0 Å². The molecule has 0 aromatic rings. The molecule has 0 aliphatic rings. The Balaban J connectivity index is 0. The molecule has 0 aromatic heterocycles. The summed E-state index contributed by atoms with van der Waals surface area (Å²) in [4.78, 5) is 0. The third-order valence-corrected chi connectivity index (χ3v) is 3.17. The molecule has 1 atom stereocenters. The molecule has 0 spiro atoms. The minimum Gasteiger partial charge on any atom is -0.495 e. The van der Waals surface area contributed by atoms with Crippen LogP contribution in [0, 0.1) is 11.8 Å². The molecule has 1 unspecified atom stereocenters. The first-order valence-corrected chi connectivity index (χ1v) is 6.66. The van der Waals surface area contributed by atoms with Crippen LogP contribution < -0.4 is 0 Å². The molecule has 0 aromatic carbocycles. The lowest BCUT2D eigenvalue weighted by atomic mass is 9.87. The van der Waals surface area contributed by atoms with Crippen molar-refractivity contribution in [1.29, 1.82) is 0 Å². The van der Waals surface area contributed by atoms with Crippen LogP contribution in [-0.2, 0) is 4.74 Å². The number of halogens is 4. The molecular formula is C16H26F4O. The quantitative estimate of drug-likeness (QED) is 0.310. The number of allylic oxidation sites excluding steroid dienone is 2. The highest BCUT2D eigenvalue weighted by atomic mass is 19.3. The Bertz CT molecular complexity index is 348. The van der Waals surface area contributed by atoms with Crippen molar-refractivity contribution in [3.05, 3.63) is 37.6 Å². The van der Waals surface area contributed by atoms with Crippen molar-refractivity contribution in [1.82, 2.24) is 0 Å². The predicted molar refractivity (Wildman–Crippen MR) is 79.7 cm³/mol. The van der Waals surface area contributed by atoms with Crippen LogP contribution in [0.1, 0.15) is 33.6 Å². The Kier molecular flexibility index (Phi) is 9.34. The second-order valence-corrected chi connectivity index (χ2v) is 5.17. The second kappa shape index (κ2) is 8.90.